The van der Waals surface area contributed by atoms with Crippen LogP contribution in [0.25, 0.3) is 0 Å². The molecule has 5 heteroatoms. The summed E-state index contributed by atoms with van der Waals surface area (Å²) in [4.78, 5) is 2.25. The molecule has 0 aromatic heterocycles. The van der Waals surface area contributed by atoms with Crippen molar-refractivity contribution < 1.29 is 13.9 Å². The van der Waals surface area contributed by atoms with Crippen LogP contribution in [0.3, 0.4) is 0 Å². The number of ether oxygens (including phenoxy) is 2. The van der Waals surface area contributed by atoms with E-state index in [-0.39, 0.29) is 6.04 Å². The van der Waals surface area contributed by atoms with Crippen LogP contribution in [0.15, 0.2) is 12.1 Å². The molecule has 21 heavy (non-hydrogen) atoms. The van der Waals surface area contributed by atoms with Gasteiger partial charge in [-0.25, -0.2) is 4.39 Å². The zero-order valence-corrected chi connectivity index (χ0v) is 13.2. The monoisotopic (exact) mass is 296 g/mol. The van der Waals surface area contributed by atoms with Gasteiger partial charge in [-0.05, 0) is 50.6 Å². The van der Waals surface area contributed by atoms with E-state index >= 15 is 0 Å². The molecule has 0 aliphatic carbocycles. The molecule has 0 amide bonds. The first-order valence-electron chi connectivity index (χ1n) is 7.32. The number of nitrogens with zero attached hydrogens (tertiary/aromatic N) is 1. The Labute approximate surface area is 126 Å². The fraction of sp³-hybridized carbons (Fsp3) is 0.625. The lowest BCUT2D eigenvalue weighted by atomic mass is 9.96. The van der Waals surface area contributed by atoms with Crippen LogP contribution in [0, 0.1) is 5.92 Å². The van der Waals surface area contributed by atoms with E-state index in [0.717, 1.165) is 18.5 Å². The number of nitrogens with two attached hydrogens (primary N) is 1. The van der Waals surface area contributed by atoms with Gasteiger partial charge in [0.15, 0.2) is 11.5 Å². The Morgan fingerprint density at radius 2 is 2.10 bits per heavy atom. The van der Waals surface area contributed by atoms with Crippen LogP contribution < -0.4 is 15.2 Å². The molecule has 0 saturated carbocycles. The van der Waals surface area contributed by atoms with Crippen LogP contribution >= 0.6 is 0 Å². The summed E-state index contributed by atoms with van der Waals surface area (Å²) >= 11 is 0. The number of methoxy groups -OCH3 is 2. The van der Waals surface area contributed by atoms with Crippen LogP contribution in [0.1, 0.15) is 36.7 Å². The van der Waals surface area contributed by atoms with Gasteiger partial charge in [0.2, 0.25) is 0 Å². The maximum Gasteiger partial charge on any atom is 0.165 e. The van der Waals surface area contributed by atoms with Crippen LogP contribution in [-0.2, 0) is 0 Å². The molecule has 118 valence electrons. The lowest BCUT2D eigenvalue weighted by molar-refractivity contribution is 0.294. The van der Waals surface area contributed by atoms with E-state index in [0.29, 0.717) is 29.5 Å². The van der Waals surface area contributed by atoms with Gasteiger partial charge in [0.05, 0.1) is 14.2 Å². The molecule has 2 N–H and O–H groups in total. The highest BCUT2D eigenvalue weighted by molar-refractivity contribution is 5.51. The van der Waals surface area contributed by atoms with Gasteiger partial charge in [0, 0.05) is 18.2 Å². The number of halogens is 1. The molecule has 0 spiro atoms. The number of benzene rings is 1. The first kappa shape index (κ1) is 16.0. The van der Waals surface area contributed by atoms with Crippen LogP contribution in [0.4, 0.5) is 4.39 Å². The zero-order chi connectivity index (χ0) is 15.6. The fourth-order valence-corrected chi connectivity index (χ4v) is 3.13. The van der Waals surface area contributed by atoms with E-state index in [9.17, 15) is 4.39 Å². The average Bonchev–Trinajstić information content (AvgIpc) is 2.86. The van der Waals surface area contributed by atoms with E-state index in [4.69, 9.17) is 15.2 Å². The second kappa shape index (κ2) is 6.62. The van der Waals surface area contributed by atoms with Crippen LogP contribution in [0.2, 0.25) is 0 Å². The molecule has 1 fully saturated rings. The second-order valence-electron chi connectivity index (χ2n) is 5.75. The maximum absolute atomic E-state index is 13.8. The van der Waals surface area contributed by atoms with Crippen molar-refractivity contribution in [3.05, 3.63) is 23.3 Å². The summed E-state index contributed by atoms with van der Waals surface area (Å²) in [7, 11) is 5.27. The van der Waals surface area contributed by atoms with Gasteiger partial charge in [-0.1, -0.05) is 0 Å². The van der Waals surface area contributed by atoms with Crippen LogP contribution in [0.5, 0.6) is 11.5 Å². The molecule has 1 aromatic carbocycles. The summed E-state index contributed by atoms with van der Waals surface area (Å²) in [6.07, 6.45) is -0.0861. The number of alkyl halides is 1. The van der Waals surface area contributed by atoms with Crippen molar-refractivity contribution >= 4 is 0 Å². The minimum atomic E-state index is -1.04. The van der Waals surface area contributed by atoms with Gasteiger partial charge >= 0.3 is 0 Å². The predicted molar refractivity (Wildman–Crippen MR) is 81.6 cm³/mol. The quantitative estimate of drug-likeness (QED) is 0.907. The smallest absolute Gasteiger partial charge is 0.165 e. The van der Waals surface area contributed by atoms with Gasteiger partial charge in [-0.15, -0.1) is 0 Å². The largest absolute Gasteiger partial charge is 0.493 e. The van der Waals surface area contributed by atoms with Crippen molar-refractivity contribution in [1.29, 1.82) is 0 Å². The molecule has 1 aromatic rings. The number of hydrogen-bond donors (Lipinski definition) is 1. The first-order valence-corrected chi connectivity index (χ1v) is 7.32. The molecule has 3 unspecified atom stereocenters. The summed E-state index contributed by atoms with van der Waals surface area (Å²) in [6.45, 7) is 3.15. The summed E-state index contributed by atoms with van der Waals surface area (Å²) in [5.74, 6) is 1.73. The van der Waals surface area contributed by atoms with Crippen molar-refractivity contribution in [1.82, 2.24) is 4.90 Å². The van der Waals surface area contributed by atoms with E-state index in [1.54, 1.807) is 20.3 Å². The topological polar surface area (TPSA) is 47.7 Å². The second-order valence-corrected chi connectivity index (χ2v) is 5.75. The van der Waals surface area contributed by atoms with Crippen LogP contribution in [-0.4, -0.2) is 39.3 Å². The van der Waals surface area contributed by atoms with E-state index < -0.39 is 6.17 Å². The Hall–Kier alpha value is -1.33. The van der Waals surface area contributed by atoms with Gasteiger partial charge in [-0.3, -0.25) is 4.90 Å². The highest BCUT2D eigenvalue weighted by Gasteiger charge is 2.33. The highest BCUT2D eigenvalue weighted by atomic mass is 19.1. The Balaban J connectivity index is 2.47. The van der Waals surface area contributed by atoms with E-state index in [1.165, 1.54) is 6.92 Å². The van der Waals surface area contributed by atoms with Gasteiger partial charge in [0.1, 0.15) is 6.17 Å². The standard InChI is InChI=1S/C16H25FN2O2/c1-10(17)12-6-13(16(21-4)15(7-12)20-3)14-5-11(8-18)9-19(14)2/h6-7,10-11,14H,5,8-9,18H2,1-4H3. The summed E-state index contributed by atoms with van der Waals surface area (Å²) in [5, 5.41) is 0. The van der Waals surface area contributed by atoms with Crippen molar-refractivity contribution in [2.75, 3.05) is 34.4 Å². The Morgan fingerprint density at radius 3 is 2.57 bits per heavy atom. The minimum absolute atomic E-state index is 0.182. The fourth-order valence-electron chi connectivity index (χ4n) is 3.13. The molecular weight excluding hydrogens is 271 g/mol. The summed E-state index contributed by atoms with van der Waals surface area (Å²) in [6, 6.07) is 3.79. The minimum Gasteiger partial charge on any atom is -0.493 e. The van der Waals surface area contributed by atoms with Gasteiger partial charge in [0.25, 0.3) is 0 Å². The van der Waals surface area contributed by atoms with Crippen molar-refractivity contribution in [3.8, 4) is 11.5 Å². The summed E-state index contributed by atoms with van der Waals surface area (Å²) < 4.78 is 24.7. The Bertz CT molecular complexity index is 493. The molecule has 1 aliphatic heterocycles. The Morgan fingerprint density at radius 1 is 1.38 bits per heavy atom. The first-order chi connectivity index (χ1) is 10.0. The maximum atomic E-state index is 13.8. The van der Waals surface area contributed by atoms with Gasteiger partial charge < -0.3 is 15.2 Å². The molecule has 1 aliphatic rings. The molecule has 0 bridgehead atoms. The molecule has 4 nitrogen and oxygen atoms in total. The zero-order valence-electron chi connectivity index (χ0n) is 13.2. The third kappa shape index (κ3) is 3.14. The van der Waals surface area contributed by atoms with Gasteiger partial charge in [-0.2, -0.15) is 0 Å². The van der Waals surface area contributed by atoms with Crippen molar-refractivity contribution in [3.63, 3.8) is 0 Å². The molecular formula is C16H25FN2O2. The highest BCUT2D eigenvalue weighted by Crippen LogP contribution is 2.44. The lowest BCUT2D eigenvalue weighted by Crippen LogP contribution is -2.21. The molecule has 0 radical (unpaired) electrons. The molecule has 3 atom stereocenters. The van der Waals surface area contributed by atoms with Crippen molar-refractivity contribution in [2.24, 2.45) is 11.7 Å². The number of hydrogen-bond acceptors (Lipinski definition) is 4. The SMILES string of the molecule is COc1cc(C(C)F)cc(C2CC(CN)CN2C)c1OC. The Kier molecular flexibility index (Phi) is 5.06. The number of likely N-dealkylation sites (tertiary alicyclic amines) is 1. The van der Waals surface area contributed by atoms with Crippen molar-refractivity contribution in [2.45, 2.75) is 25.6 Å². The number of rotatable bonds is 5. The molecule has 1 saturated heterocycles. The lowest BCUT2D eigenvalue weighted by Gasteiger charge is -2.24. The van der Waals surface area contributed by atoms with E-state index in [1.807, 2.05) is 6.07 Å². The normalized spacial score (nSPS) is 24.1. The third-order valence-corrected chi connectivity index (χ3v) is 4.32. The average molecular weight is 296 g/mol. The predicted octanol–water partition coefficient (Wildman–Crippen LogP) is 2.69. The third-order valence-electron chi connectivity index (χ3n) is 4.32. The molecule has 2 rings (SSSR count). The summed E-state index contributed by atoms with van der Waals surface area (Å²) in [5.41, 5.74) is 7.40. The molecule has 1 heterocycles. The van der Waals surface area contributed by atoms with E-state index in [2.05, 4.69) is 11.9 Å².